The summed E-state index contributed by atoms with van der Waals surface area (Å²) in [4.78, 5) is 30.4. The van der Waals surface area contributed by atoms with Crippen molar-refractivity contribution in [2.75, 3.05) is 10.8 Å². The number of carbonyl (C=O) groups is 2. The van der Waals surface area contributed by atoms with E-state index >= 15 is 0 Å². The van der Waals surface area contributed by atoms with Crippen LogP contribution in [0.5, 0.6) is 0 Å². The van der Waals surface area contributed by atoms with E-state index in [2.05, 4.69) is 5.32 Å². The fourth-order valence-electron chi connectivity index (χ4n) is 6.03. The van der Waals surface area contributed by atoms with Crippen molar-refractivity contribution in [3.8, 4) is 0 Å². The maximum Gasteiger partial charge on any atom is 0.264 e. The lowest BCUT2D eigenvalue weighted by Crippen LogP contribution is -2.55. The van der Waals surface area contributed by atoms with Gasteiger partial charge in [0.25, 0.3) is 10.0 Å². The third kappa shape index (κ3) is 9.02. The van der Waals surface area contributed by atoms with Crippen LogP contribution in [0.4, 0.5) is 5.69 Å². The Hall–Kier alpha value is -4.14. The predicted octanol–water partition coefficient (Wildman–Crippen LogP) is 7.24. The third-order valence-electron chi connectivity index (χ3n) is 8.67. The quantitative estimate of drug-likeness (QED) is 0.172. The van der Waals surface area contributed by atoms with Crippen LogP contribution in [0.15, 0.2) is 108 Å². The summed E-state index contributed by atoms with van der Waals surface area (Å²) in [6.07, 6.45) is 5.33. The van der Waals surface area contributed by atoms with Gasteiger partial charge in [-0.1, -0.05) is 103 Å². The lowest BCUT2D eigenvalue weighted by Gasteiger charge is -2.35. The number of hydrogen-bond donors (Lipinski definition) is 1. The van der Waals surface area contributed by atoms with Crippen LogP contribution < -0.4 is 9.62 Å². The molecule has 0 unspecified atom stereocenters. The van der Waals surface area contributed by atoms with Gasteiger partial charge in [0.2, 0.25) is 11.8 Å². The van der Waals surface area contributed by atoms with Gasteiger partial charge in [0.05, 0.1) is 10.6 Å². The molecule has 2 amide bonds. The minimum absolute atomic E-state index is 0.0113. The number of hydrogen-bond acceptors (Lipinski definition) is 4. The van der Waals surface area contributed by atoms with E-state index in [0.717, 1.165) is 58.7 Å². The van der Waals surface area contributed by atoms with E-state index in [9.17, 15) is 18.0 Å². The first kappa shape index (κ1) is 34.2. The van der Waals surface area contributed by atoms with Crippen molar-refractivity contribution in [3.05, 3.63) is 130 Å². The molecule has 1 N–H and O–H groups in total. The summed E-state index contributed by atoms with van der Waals surface area (Å²) in [7, 11) is -4.20. The maximum atomic E-state index is 14.7. The first-order valence-electron chi connectivity index (χ1n) is 16.1. The molecule has 246 valence electrons. The SMILES string of the molecule is Cc1ccc(CN(C(=O)CN(c2cccc(C)c2)S(=O)(=O)c2ccc(Cl)cc2)[C@H](Cc2ccccc2)C(=O)NC2CCCCC2)cc1. The van der Waals surface area contributed by atoms with Gasteiger partial charge in [-0.15, -0.1) is 0 Å². The summed E-state index contributed by atoms with van der Waals surface area (Å²) in [6.45, 7) is 3.50. The van der Waals surface area contributed by atoms with Crippen molar-refractivity contribution in [2.45, 2.75) is 75.9 Å². The van der Waals surface area contributed by atoms with Crippen LogP contribution in [0.1, 0.15) is 54.4 Å². The summed E-state index contributed by atoms with van der Waals surface area (Å²) in [6, 6.07) is 29.6. The highest BCUT2D eigenvalue weighted by Crippen LogP contribution is 2.27. The molecule has 9 heteroatoms. The fraction of sp³-hybridized carbons (Fsp3) is 0.316. The van der Waals surface area contributed by atoms with Crippen molar-refractivity contribution in [1.29, 1.82) is 0 Å². The largest absolute Gasteiger partial charge is 0.352 e. The highest BCUT2D eigenvalue weighted by Gasteiger charge is 2.35. The van der Waals surface area contributed by atoms with Gasteiger partial charge in [-0.05, 0) is 79.8 Å². The van der Waals surface area contributed by atoms with Crippen LogP contribution in [0.2, 0.25) is 5.02 Å². The zero-order valence-electron chi connectivity index (χ0n) is 26.9. The first-order valence-corrected chi connectivity index (χ1v) is 18.0. The Bertz CT molecular complexity index is 1760. The average molecular weight is 672 g/mol. The summed E-state index contributed by atoms with van der Waals surface area (Å²) in [5.41, 5.74) is 4.02. The van der Waals surface area contributed by atoms with Crippen LogP contribution in [-0.4, -0.2) is 43.8 Å². The molecule has 0 saturated heterocycles. The van der Waals surface area contributed by atoms with Crippen molar-refractivity contribution in [1.82, 2.24) is 10.2 Å². The van der Waals surface area contributed by atoms with Crippen LogP contribution in [0, 0.1) is 13.8 Å². The molecule has 1 atom stereocenters. The molecule has 5 rings (SSSR count). The van der Waals surface area contributed by atoms with E-state index in [-0.39, 0.29) is 29.8 Å². The van der Waals surface area contributed by atoms with Gasteiger partial charge < -0.3 is 10.2 Å². The Kier molecular flexibility index (Phi) is 11.4. The van der Waals surface area contributed by atoms with Gasteiger partial charge in [-0.3, -0.25) is 13.9 Å². The topological polar surface area (TPSA) is 86.8 Å². The second-order valence-corrected chi connectivity index (χ2v) is 14.7. The number of benzene rings is 4. The van der Waals surface area contributed by atoms with E-state index < -0.39 is 28.5 Å². The highest BCUT2D eigenvalue weighted by atomic mass is 35.5. The number of rotatable bonds is 12. The monoisotopic (exact) mass is 671 g/mol. The molecule has 1 aliphatic rings. The maximum absolute atomic E-state index is 14.7. The Morgan fingerprint density at radius 2 is 1.49 bits per heavy atom. The lowest BCUT2D eigenvalue weighted by atomic mass is 9.94. The number of anilines is 1. The molecule has 0 aromatic heterocycles. The minimum Gasteiger partial charge on any atom is -0.352 e. The Morgan fingerprint density at radius 3 is 2.15 bits per heavy atom. The molecule has 0 radical (unpaired) electrons. The van der Waals surface area contributed by atoms with Gasteiger partial charge in [0.1, 0.15) is 12.6 Å². The summed E-state index contributed by atoms with van der Waals surface area (Å²) < 4.78 is 29.5. The number of amides is 2. The van der Waals surface area contributed by atoms with Gasteiger partial charge in [-0.2, -0.15) is 0 Å². The van der Waals surface area contributed by atoms with Gasteiger partial charge in [-0.25, -0.2) is 8.42 Å². The molecule has 1 aliphatic carbocycles. The van der Waals surface area contributed by atoms with E-state index in [0.29, 0.717) is 10.7 Å². The zero-order chi connectivity index (χ0) is 33.4. The molecular formula is C38H42ClN3O4S. The van der Waals surface area contributed by atoms with E-state index in [1.165, 1.54) is 24.3 Å². The smallest absolute Gasteiger partial charge is 0.264 e. The molecule has 47 heavy (non-hydrogen) atoms. The van der Waals surface area contributed by atoms with E-state index in [1.54, 1.807) is 23.1 Å². The van der Waals surface area contributed by atoms with Crippen LogP contribution >= 0.6 is 11.6 Å². The molecule has 1 saturated carbocycles. The van der Waals surface area contributed by atoms with Crippen molar-refractivity contribution >= 4 is 39.1 Å². The van der Waals surface area contributed by atoms with Crippen LogP contribution in [0.3, 0.4) is 0 Å². The Morgan fingerprint density at radius 1 is 0.809 bits per heavy atom. The number of carbonyl (C=O) groups excluding carboxylic acids is 2. The highest BCUT2D eigenvalue weighted by molar-refractivity contribution is 7.92. The van der Waals surface area contributed by atoms with E-state index in [1.807, 2.05) is 74.5 Å². The molecule has 0 aliphatic heterocycles. The van der Waals surface area contributed by atoms with Crippen molar-refractivity contribution < 1.29 is 18.0 Å². The lowest BCUT2D eigenvalue weighted by molar-refractivity contribution is -0.140. The number of aryl methyl sites for hydroxylation is 2. The fourth-order valence-corrected chi connectivity index (χ4v) is 7.57. The number of halogens is 1. The first-order chi connectivity index (χ1) is 22.6. The third-order valence-corrected chi connectivity index (χ3v) is 10.7. The molecule has 4 aromatic rings. The normalized spacial score (nSPS) is 14.3. The summed E-state index contributed by atoms with van der Waals surface area (Å²) >= 11 is 6.09. The Balaban J connectivity index is 1.56. The van der Waals surface area contributed by atoms with Gasteiger partial charge in [0.15, 0.2) is 0 Å². The second-order valence-electron chi connectivity index (χ2n) is 12.4. The Labute approximate surface area is 283 Å². The van der Waals surface area contributed by atoms with Crippen LogP contribution in [0.25, 0.3) is 0 Å². The minimum atomic E-state index is -4.20. The molecule has 0 spiro atoms. The number of sulfonamides is 1. The van der Waals surface area contributed by atoms with Crippen molar-refractivity contribution in [2.24, 2.45) is 0 Å². The molecule has 7 nitrogen and oxygen atoms in total. The van der Waals surface area contributed by atoms with Crippen molar-refractivity contribution in [3.63, 3.8) is 0 Å². The average Bonchev–Trinajstić information content (AvgIpc) is 3.07. The molecule has 0 heterocycles. The second kappa shape index (κ2) is 15.6. The summed E-state index contributed by atoms with van der Waals surface area (Å²) in [5.74, 6) is -0.715. The van der Waals surface area contributed by atoms with Gasteiger partial charge >= 0.3 is 0 Å². The number of nitrogens with one attached hydrogen (secondary N) is 1. The predicted molar refractivity (Wildman–Crippen MR) is 188 cm³/mol. The van der Waals surface area contributed by atoms with Crippen LogP contribution in [-0.2, 0) is 32.6 Å². The molecule has 0 bridgehead atoms. The molecular weight excluding hydrogens is 630 g/mol. The number of nitrogens with zero attached hydrogens (tertiary/aromatic N) is 2. The summed E-state index contributed by atoms with van der Waals surface area (Å²) in [5, 5.41) is 3.65. The molecule has 1 fully saturated rings. The molecule has 4 aromatic carbocycles. The van der Waals surface area contributed by atoms with Gasteiger partial charge in [0, 0.05) is 24.0 Å². The van der Waals surface area contributed by atoms with E-state index in [4.69, 9.17) is 11.6 Å². The zero-order valence-corrected chi connectivity index (χ0v) is 28.5. The standard InChI is InChI=1S/C38H42ClN3O4S/c1-28-16-18-31(19-17-28)26-41(36(25-30-11-5-3-6-12-30)38(44)40-33-13-7-4-8-14-33)37(43)27-42(34-15-9-10-29(2)24-34)47(45,46)35-22-20-32(39)21-23-35/h3,5-6,9-12,15-24,33,36H,4,7-8,13-14,25-27H2,1-2H3,(H,40,44)/t36-/m1/s1.